The Kier molecular flexibility index (Phi) is 6.65. The normalized spacial score (nSPS) is 12.4. The SMILES string of the molecule is C=CC[C@H](CN(C)C(=O)OC(C)(C)C)n1nc(C(=O)Nc2nc3ccccc3o2)c2c(N)nccc21. The van der Waals surface area contributed by atoms with Gasteiger partial charge in [-0.1, -0.05) is 18.2 Å². The summed E-state index contributed by atoms with van der Waals surface area (Å²) in [6.07, 6.45) is 3.27. The summed E-state index contributed by atoms with van der Waals surface area (Å²) in [6.45, 7) is 9.51. The summed E-state index contributed by atoms with van der Waals surface area (Å²) in [7, 11) is 1.65. The molecule has 4 rings (SSSR count). The van der Waals surface area contributed by atoms with Gasteiger partial charge in [0.2, 0.25) is 0 Å². The number of rotatable bonds is 7. The number of pyridine rings is 1. The molecule has 3 aromatic heterocycles. The summed E-state index contributed by atoms with van der Waals surface area (Å²) in [5.74, 6) is -0.401. The number of nitrogens with zero attached hydrogens (tertiary/aromatic N) is 5. The van der Waals surface area contributed by atoms with Crippen molar-refractivity contribution in [2.24, 2.45) is 0 Å². The van der Waals surface area contributed by atoms with Gasteiger partial charge < -0.3 is 19.8 Å². The molecule has 11 heteroatoms. The van der Waals surface area contributed by atoms with Crippen LogP contribution in [0.3, 0.4) is 0 Å². The van der Waals surface area contributed by atoms with Gasteiger partial charge in [-0.2, -0.15) is 10.1 Å². The highest BCUT2D eigenvalue weighted by atomic mass is 16.6. The highest BCUT2D eigenvalue weighted by Crippen LogP contribution is 2.29. The van der Waals surface area contributed by atoms with Gasteiger partial charge in [-0.15, -0.1) is 6.58 Å². The Morgan fingerprint density at radius 1 is 1.31 bits per heavy atom. The number of likely N-dealkylation sites (N-methyl/N-ethyl adjacent to an activating group) is 1. The van der Waals surface area contributed by atoms with Crippen molar-refractivity contribution in [1.82, 2.24) is 24.6 Å². The number of benzene rings is 1. The summed E-state index contributed by atoms with van der Waals surface area (Å²) >= 11 is 0. The van der Waals surface area contributed by atoms with Crippen LogP contribution in [0.15, 0.2) is 53.6 Å². The van der Waals surface area contributed by atoms with Gasteiger partial charge in [-0.3, -0.25) is 14.8 Å². The average molecular weight is 492 g/mol. The van der Waals surface area contributed by atoms with Crippen molar-refractivity contribution in [2.75, 3.05) is 24.6 Å². The van der Waals surface area contributed by atoms with E-state index in [2.05, 4.69) is 27.0 Å². The first-order valence-electron chi connectivity index (χ1n) is 11.4. The minimum atomic E-state index is -0.631. The number of carbonyl (C=O) groups is 2. The van der Waals surface area contributed by atoms with E-state index in [0.717, 1.165) is 0 Å². The van der Waals surface area contributed by atoms with Gasteiger partial charge in [0.25, 0.3) is 5.91 Å². The summed E-state index contributed by atoms with van der Waals surface area (Å²) in [5.41, 5.74) is 7.34. The molecule has 0 saturated heterocycles. The van der Waals surface area contributed by atoms with Crippen molar-refractivity contribution in [2.45, 2.75) is 38.8 Å². The first-order chi connectivity index (χ1) is 17.1. The second-order valence-electron chi connectivity index (χ2n) is 9.36. The van der Waals surface area contributed by atoms with Gasteiger partial charge in [-0.25, -0.2) is 9.78 Å². The lowest BCUT2D eigenvalue weighted by atomic mass is 10.1. The maximum absolute atomic E-state index is 13.3. The number of nitrogens with one attached hydrogen (secondary N) is 1. The Balaban J connectivity index is 1.68. The number of anilines is 2. The van der Waals surface area contributed by atoms with E-state index in [1.165, 1.54) is 4.90 Å². The number of hydrogen-bond acceptors (Lipinski definition) is 8. The lowest BCUT2D eigenvalue weighted by Crippen LogP contribution is -2.37. The van der Waals surface area contributed by atoms with Crippen molar-refractivity contribution in [3.8, 4) is 0 Å². The molecule has 3 N–H and O–H groups in total. The maximum Gasteiger partial charge on any atom is 0.410 e. The van der Waals surface area contributed by atoms with E-state index in [-0.39, 0.29) is 30.1 Å². The number of allylic oxidation sites excluding steroid dienone is 1. The third-order valence-electron chi connectivity index (χ3n) is 5.35. The van der Waals surface area contributed by atoms with Gasteiger partial charge in [0.15, 0.2) is 11.3 Å². The number of amides is 2. The Morgan fingerprint density at radius 3 is 2.75 bits per heavy atom. The predicted molar refractivity (Wildman–Crippen MR) is 137 cm³/mol. The predicted octanol–water partition coefficient (Wildman–Crippen LogP) is 4.39. The average Bonchev–Trinajstić information content (AvgIpc) is 3.39. The monoisotopic (exact) mass is 491 g/mol. The maximum atomic E-state index is 13.3. The summed E-state index contributed by atoms with van der Waals surface area (Å²) in [5, 5.41) is 7.64. The van der Waals surface area contributed by atoms with Crippen molar-refractivity contribution in [1.29, 1.82) is 0 Å². The fourth-order valence-corrected chi connectivity index (χ4v) is 3.81. The van der Waals surface area contributed by atoms with E-state index in [1.807, 2.05) is 12.1 Å². The minimum Gasteiger partial charge on any atom is -0.444 e. The molecule has 0 spiro atoms. The summed E-state index contributed by atoms with van der Waals surface area (Å²) in [4.78, 5) is 35.7. The van der Waals surface area contributed by atoms with Gasteiger partial charge in [0.05, 0.1) is 16.9 Å². The number of ether oxygens (including phenoxy) is 1. The molecular formula is C25H29N7O4. The second-order valence-corrected chi connectivity index (χ2v) is 9.36. The highest BCUT2D eigenvalue weighted by molar-refractivity contribution is 6.13. The number of nitrogens with two attached hydrogens (primary N) is 1. The molecule has 0 aliphatic carbocycles. The zero-order valence-electron chi connectivity index (χ0n) is 20.7. The summed E-state index contributed by atoms with van der Waals surface area (Å²) in [6, 6.07) is 8.58. The van der Waals surface area contributed by atoms with Crippen molar-refractivity contribution in [3.05, 3.63) is 54.9 Å². The van der Waals surface area contributed by atoms with Crippen molar-refractivity contribution >= 4 is 45.8 Å². The number of nitrogen functional groups attached to an aromatic ring is 1. The number of oxazole rings is 1. The van der Waals surface area contributed by atoms with Crippen LogP contribution in [-0.4, -0.2) is 55.8 Å². The molecule has 1 atom stereocenters. The van der Waals surface area contributed by atoms with E-state index in [9.17, 15) is 9.59 Å². The first kappa shape index (κ1) is 24.7. The van der Waals surface area contributed by atoms with Gasteiger partial charge in [0, 0.05) is 19.8 Å². The highest BCUT2D eigenvalue weighted by Gasteiger charge is 2.27. The molecule has 2 amide bonds. The zero-order chi connectivity index (χ0) is 26.0. The van der Waals surface area contributed by atoms with Crippen LogP contribution in [0.1, 0.15) is 43.7 Å². The van der Waals surface area contributed by atoms with Gasteiger partial charge >= 0.3 is 12.1 Å². The van der Waals surface area contributed by atoms with E-state index in [0.29, 0.717) is 28.4 Å². The van der Waals surface area contributed by atoms with Crippen LogP contribution in [0.2, 0.25) is 0 Å². The van der Waals surface area contributed by atoms with E-state index in [4.69, 9.17) is 14.9 Å². The number of aromatic nitrogens is 4. The van der Waals surface area contributed by atoms with Crippen molar-refractivity contribution in [3.63, 3.8) is 0 Å². The van der Waals surface area contributed by atoms with Crippen LogP contribution in [0.4, 0.5) is 16.6 Å². The van der Waals surface area contributed by atoms with E-state index < -0.39 is 17.6 Å². The Bertz CT molecular complexity index is 1400. The first-order valence-corrected chi connectivity index (χ1v) is 11.4. The minimum absolute atomic E-state index is 0.0404. The molecule has 4 aromatic rings. The third kappa shape index (κ3) is 5.14. The molecule has 36 heavy (non-hydrogen) atoms. The fourth-order valence-electron chi connectivity index (χ4n) is 3.81. The van der Waals surface area contributed by atoms with Crippen LogP contribution in [0.5, 0.6) is 0 Å². The second kappa shape index (κ2) is 9.68. The Labute approximate surface area is 207 Å². The molecule has 11 nitrogen and oxygen atoms in total. The van der Waals surface area contributed by atoms with Crippen LogP contribution in [-0.2, 0) is 4.74 Å². The lowest BCUT2D eigenvalue weighted by Gasteiger charge is -2.27. The Hall–Kier alpha value is -4.41. The quantitative estimate of drug-likeness (QED) is 0.363. The molecule has 3 heterocycles. The molecule has 0 unspecified atom stereocenters. The molecule has 1 aromatic carbocycles. The van der Waals surface area contributed by atoms with Crippen LogP contribution < -0.4 is 11.1 Å². The largest absolute Gasteiger partial charge is 0.444 e. The lowest BCUT2D eigenvalue weighted by molar-refractivity contribution is 0.0274. The number of fused-ring (bicyclic) bond motifs is 2. The molecular weight excluding hydrogens is 462 g/mol. The standard InChI is InChI=1S/C25H29N7O4/c1-6-9-15(14-31(5)24(34)36-25(2,3)4)32-17-12-13-27-21(26)19(17)20(30-32)22(33)29-23-28-16-10-7-8-11-18(16)35-23/h6-8,10-13,15H,1,9,14H2,2-5H3,(H2,26,27)(H,28,29,33)/t15-/m1/s1. The molecule has 0 bridgehead atoms. The molecule has 0 aliphatic heterocycles. The van der Waals surface area contributed by atoms with E-state index >= 15 is 0 Å². The molecule has 0 radical (unpaired) electrons. The topological polar surface area (TPSA) is 141 Å². The molecule has 0 fully saturated rings. The van der Waals surface area contributed by atoms with Crippen LogP contribution in [0.25, 0.3) is 22.0 Å². The smallest absolute Gasteiger partial charge is 0.410 e. The molecule has 0 saturated carbocycles. The van der Waals surface area contributed by atoms with Crippen molar-refractivity contribution < 1.29 is 18.7 Å². The fraction of sp³-hybridized carbons (Fsp3) is 0.320. The van der Waals surface area contributed by atoms with Crippen LogP contribution >= 0.6 is 0 Å². The number of hydrogen-bond donors (Lipinski definition) is 2. The zero-order valence-corrected chi connectivity index (χ0v) is 20.7. The van der Waals surface area contributed by atoms with E-state index in [1.54, 1.807) is 63.0 Å². The number of para-hydroxylation sites is 2. The summed E-state index contributed by atoms with van der Waals surface area (Å²) < 4.78 is 12.8. The van der Waals surface area contributed by atoms with Crippen LogP contribution in [0, 0.1) is 0 Å². The van der Waals surface area contributed by atoms with Gasteiger partial charge in [0.1, 0.15) is 16.9 Å². The molecule has 188 valence electrons. The third-order valence-corrected chi connectivity index (χ3v) is 5.35. The van der Waals surface area contributed by atoms with Gasteiger partial charge in [-0.05, 0) is 45.4 Å². The number of carbonyl (C=O) groups excluding carboxylic acids is 2. The Morgan fingerprint density at radius 2 is 2.06 bits per heavy atom. The molecule has 0 aliphatic rings.